The van der Waals surface area contributed by atoms with E-state index < -0.39 is 17.6 Å². The van der Waals surface area contributed by atoms with Crippen molar-refractivity contribution in [3.05, 3.63) is 83.4 Å². The molecule has 35 heavy (non-hydrogen) atoms. The van der Waals surface area contributed by atoms with Crippen molar-refractivity contribution in [2.75, 3.05) is 18.2 Å². The summed E-state index contributed by atoms with van der Waals surface area (Å²) in [4.78, 5) is 12.6. The van der Waals surface area contributed by atoms with Gasteiger partial charge < -0.3 is 10.1 Å². The maximum absolute atomic E-state index is 13.0. The van der Waals surface area contributed by atoms with Crippen molar-refractivity contribution in [3.63, 3.8) is 0 Å². The second-order valence-corrected chi connectivity index (χ2v) is 8.58. The molecule has 180 valence electrons. The summed E-state index contributed by atoms with van der Waals surface area (Å²) in [5, 5.41) is 11.4. The zero-order valence-electron chi connectivity index (χ0n) is 18.2. The number of hydrogen-bond acceptors (Lipinski definition) is 5. The van der Waals surface area contributed by atoms with Crippen molar-refractivity contribution < 1.29 is 22.7 Å². The molecule has 11 heteroatoms. The minimum Gasteiger partial charge on any atom is -0.497 e. The van der Waals surface area contributed by atoms with E-state index in [4.69, 9.17) is 16.3 Å². The third kappa shape index (κ3) is 5.77. The standard InChI is InChI=1S/C24H18ClF3N4O2S/c1-34-18-10-7-15(8-11-18)22-30-31-23(32(22)17-5-3-2-4-6-17)35-14-21(33)29-20-13-16(24(26,27)28)9-12-19(20)25/h2-13H,14H2,1H3,(H,29,33). The van der Waals surface area contributed by atoms with Crippen LogP contribution in [-0.4, -0.2) is 33.5 Å². The Morgan fingerprint density at radius 3 is 2.43 bits per heavy atom. The highest BCUT2D eigenvalue weighted by atomic mass is 35.5. The molecule has 1 amide bonds. The first kappa shape index (κ1) is 24.6. The molecule has 1 aromatic heterocycles. The van der Waals surface area contributed by atoms with Gasteiger partial charge >= 0.3 is 6.18 Å². The van der Waals surface area contributed by atoms with E-state index in [1.54, 1.807) is 23.8 Å². The van der Waals surface area contributed by atoms with E-state index >= 15 is 0 Å². The van der Waals surface area contributed by atoms with Crippen LogP contribution in [0.1, 0.15) is 5.56 Å². The van der Waals surface area contributed by atoms with Gasteiger partial charge in [-0.1, -0.05) is 41.6 Å². The first-order chi connectivity index (χ1) is 16.8. The number of hydrogen-bond donors (Lipinski definition) is 1. The molecule has 0 saturated heterocycles. The number of ether oxygens (including phenoxy) is 1. The lowest BCUT2D eigenvalue weighted by molar-refractivity contribution is -0.137. The molecule has 0 aliphatic carbocycles. The van der Waals surface area contributed by atoms with Crippen LogP contribution in [0.3, 0.4) is 0 Å². The maximum atomic E-state index is 13.0. The number of amides is 1. The van der Waals surface area contributed by atoms with Gasteiger partial charge in [-0.25, -0.2) is 0 Å². The monoisotopic (exact) mass is 518 g/mol. The van der Waals surface area contributed by atoms with Gasteiger partial charge in [0.25, 0.3) is 0 Å². The topological polar surface area (TPSA) is 69.0 Å². The van der Waals surface area contributed by atoms with Crippen LogP contribution in [0.15, 0.2) is 78.0 Å². The number of nitrogens with zero attached hydrogens (tertiary/aromatic N) is 3. The van der Waals surface area contributed by atoms with Crippen LogP contribution >= 0.6 is 23.4 Å². The molecule has 0 saturated carbocycles. The smallest absolute Gasteiger partial charge is 0.416 e. The molecule has 0 aliphatic heterocycles. The van der Waals surface area contributed by atoms with Crippen molar-refractivity contribution in [1.29, 1.82) is 0 Å². The van der Waals surface area contributed by atoms with Crippen LogP contribution in [0.2, 0.25) is 5.02 Å². The first-order valence-corrected chi connectivity index (χ1v) is 11.6. The maximum Gasteiger partial charge on any atom is 0.416 e. The van der Waals surface area contributed by atoms with Crippen LogP contribution in [0.5, 0.6) is 5.75 Å². The molecule has 4 rings (SSSR count). The largest absolute Gasteiger partial charge is 0.497 e. The summed E-state index contributed by atoms with van der Waals surface area (Å²) >= 11 is 7.08. The van der Waals surface area contributed by atoms with Gasteiger partial charge in [0.1, 0.15) is 5.75 Å². The Bertz CT molecular complexity index is 1330. The van der Waals surface area contributed by atoms with E-state index in [9.17, 15) is 18.0 Å². The lowest BCUT2D eigenvalue weighted by Gasteiger charge is -2.12. The summed E-state index contributed by atoms with van der Waals surface area (Å²) in [6.07, 6.45) is -4.55. The molecule has 0 bridgehead atoms. The fourth-order valence-corrected chi connectivity index (χ4v) is 4.13. The van der Waals surface area contributed by atoms with Crippen LogP contribution in [0, 0.1) is 0 Å². The predicted molar refractivity (Wildman–Crippen MR) is 129 cm³/mol. The summed E-state index contributed by atoms with van der Waals surface area (Å²) in [5.74, 6) is 0.590. The number of anilines is 1. The molecule has 1 N–H and O–H groups in total. The second kappa shape index (κ2) is 10.4. The summed E-state index contributed by atoms with van der Waals surface area (Å²) in [5.41, 5.74) is 0.551. The minimum atomic E-state index is -4.55. The number of aromatic nitrogens is 3. The van der Waals surface area contributed by atoms with Crippen molar-refractivity contribution in [2.24, 2.45) is 0 Å². The fourth-order valence-electron chi connectivity index (χ4n) is 3.21. The number of carbonyl (C=O) groups is 1. The van der Waals surface area contributed by atoms with Crippen LogP contribution in [-0.2, 0) is 11.0 Å². The van der Waals surface area contributed by atoms with Gasteiger partial charge in [0, 0.05) is 11.3 Å². The van der Waals surface area contributed by atoms with Crippen molar-refractivity contribution in [3.8, 4) is 22.8 Å². The van der Waals surface area contributed by atoms with E-state index in [1.807, 2.05) is 42.5 Å². The van der Waals surface area contributed by atoms with Gasteiger partial charge in [-0.3, -0.25) is 9.36 Å². The Hall–Kier alpha value is -3.50. The van der Waals surface area contributed by atoms with Gasteiger partial charge in [0.15, 0.2) is 11.0 Å². The number of para-hydroxylation sites is 1. The number of benzene rings is 3. The van der Waals surface area contributed by atoms with Gasteiger partial charge in [-0.15, -0.1) is 10.2 Å². The third-order valence-electron chi connectivity index (χ3n) is 4.90. The Labute approximate surface area is 208 Å². The van der Waals surface area contributed by atoms with Gasteiger partial charge in [0.05, 0.1) is 29.1 Å². The van der Waals surface area contributed by atoms with Crippen molar-refractivity contribution >= 4 is 35.0 Å². The molecule has 3 aromatic carbocycles. The number of rotatable bonds is 7. The van der Waals surface area contributed by atoms with Crippen molar-refractivity contribution in [2.45, 2.75) is 11.3 Å². The average molecular weight is 519 g/mol. The highest BCUT2D eigenvalue weighted by Crippen LogP contribution is 2.34. The molecule has 0 atom stereocenters. The van der Waals surface area contributed by atoms with Crippen molar-refractivity contribution in [1.82, 2.24) is 14.8 Å². The molecule has 6 nitrogen and oxygen atoms in total. The number of thioether (sulfide) groups is 1. The fraction of sp³-hybridized carbons (Fsp3) is 0.125. The Balaban J connectivity index is 1.57. The zero-order chi connectivity index (χ0) is 25.0. The SMILES string of the molecule is COc1ccc(-c2nnc(SCC(=O)Nc3cc(C(F)(F)F)ccc3Cl)n2-c2ccccc2)cc1. The van der Waals surface area contributed by atoms with Gasteiger partial charge in [0.2, 0.25) is 5.91 Å². The number of carbonyl (C=O) groups excluding carboxylic acids is 1. The molecule has 0 fully saturated rings. The highest BCUT2D eigenvalue weighted by molar-refractivity contribution is 7.99. The van der Waals surface area contributed by atoms with Crippen LogP contribution in [0.25, 0.3) is 17.1 Å². The van der Waals surface area contributed by atoms with Gasteiger partial charge in [-0.05, 0) is 54.6 Å². The summed E-state index contributed by atoms with van der Waals surface area (Å²) < 4.78 is 46.0. The van der Waals surface area contributed by atoms with Crippen LogP contribution < -0.4 is 10.1 Å². The number of nitrogens with one attached hydrogen (secondary N) is 1. The molecule has 0 radical (unpaired) electrons. The lowest BCUT2D eigenvalue weighted by Crippen LogP contribution is -2.16. The third-order valence-corrected chi connectivity index (χ3v) is 6.15. The second-order valence-electron chi connectivity index (χ2n) is 7.23. The number of alkyl halides is 3. The molecule has 0 unspecified atom stereocenters. The lowest BCUT2D eigenvalue weighted by atomic mass is 10.2. The van der Waals surface area contributed by atoms with Crippen LogP contribution in [0.4, 0.5) is 18.9 Å². The molecular formula is C24H18ClF3N4O2S. The highest BCUT2D eigenvalue weighted by Gasteiger charge is 2.31. The van der Waals surface area contributed by atoms with E-state index in [-0.39, 0.29) is 16.5 Å². The zero-order valence-corrected chi connectivity index (χ0v) is 19.8. The normalized spacial score (nSPS) is 11.3. The number of methoxy groups -OCH3 is 1. The quantitative estimate of drug-likeness (QED) is 0.289. The summed E-state index contributed by atoms with van der Waals surface area (Å²) in [6.45, 7) is 0. The Morgan fingerprint density at radius 2 is 1.77 bits per heavy atom. The van der Waals surface area contributed by atoms with Gasteiger partial charge in [-0.2, -0.15) is 13.2 Å². The van der Waals surface area contributed by atoms with E-state index in [1.165, 1.54) is 0 Å². The molecule has 1 heterocycles. The number of halogens is 4. The first-order valence-electron chi connectivity index (χ1n) is 10.2. The summed E-state index contributed by atoms with van der Waals surface area (Å²) in [7, 11) is 1.58. The predicted octanol–water partition coefficient (Wildman–Crippen LogP) is 6.35. The Morgan fingerprint density at radius 1 is 1.06 bits per heavy atom. The molecule has 0 aliphatic rings. The Kier molecular flexibility index (Phi) is 7.32. The molecule has 4 aromatic rings. The summed E-state index contributed by atoms with van der Waals surface area (Å²) in [6, 6.07) is 19.4. The van der Waals surface area contributed by atoms with E-state index in [0.29, 0.717) is 16.7 Å². The molecule has 0 spiro atoms. The van der Waals surface area contributed by atoms with E-state index in [2.05, 4.69) is 15.5 Å². The van der Waals surface area contributed by atoms with E-state index in [0.717, 1.165) is 41.2 Å². The minimum absolute atomic E-state index is 0.00518. The average Bonchev–Trinajstić information content (AvgIpc) is 3.28. The molecular weight excluding hydrogens is 501 g/mol.